The van der Waals surface area contributed by atoms with Gasteiger partial charge in [0.25, 0.3) is 0 Å². The first-order chi connectivity index (χ1) is 7.65. The summed E-state index contributed by atoms with van der Waals surface area (Å²) in [6.45, 7) is 2.11. The number of aryl methyl sites for hydroxylation is 1. The summed E-state index contributed by atoms with van der Waals surface area (Å²) < 4.78 is 1.20. The first-order valence-corrected chi connectivity index (χ1v) is 6.84. The molecule has 0 atom stereocenters. The van der Waals surface area contributed by atoms with E-state index in [9.17, 15) is 0 Å². The van der Waals surface area contributed by atoms with Gasteiger partial charge in [-0.1, -0.05) is 29.5 Å². The Kier molecular flexibility index (Phi) is 3.76. The van der Waals surface area contributed by atoms with Crippen LogP contribution in [0.1, 0.15) is 5.56 Å². The summed E-state index contributed by atoms with van der Waals surface area (Å²) >= 11 is 4.09. The van der Waals surface area contributed by atoms with E-state index in [2.05, 4.69) is 59.8 Å². The molecule has 0 bridgehead atoms. The standard InChI is InChI=1S/C13H12INS/c1-9-3-2-4-11(7-9)16-13-6-5-10(15)8-12(13)14/h2-8H,15H2,1H3. The Morgan fingerprint density at radius 3 is 2.62 bits per heavy atom. The van der Waals surface area contributed by atoms with Gasteiger partial charge in [0.2, 0.25) is 0 Å². The first-order valence-electron chi connectivity index (χ1n) is 4.95. The molecule has 2 N–H and O–H groups in total. The maximum atomic E-state index is 5.73. The normalized spacial score (nSPS) is 10.4. The second-order valence-corrected chi connectivity index (χ2v) is 5.89. The highest BCUT2D eigenvalue weighted by atomic mass is 127. The number of anilines is 1. The van der Waals surface area contributed by atoms with E-state index in [0.717, 1.165) is 5.69 Å². The molecule has 0 unspecified atom stereocenters. The molecule has 0 amide bonds. The molecule has 0 aromatic heterocycles. The van der Waals surface area contributed by atoms with Crippen molar-refractivity contribution in [2.45, 2.75) is 16.7 Å². The lowest BCUT2D eigenvalue weighted by Crippen LogP contribution is -1.86. The number of halogens is 1. The maximum Gasteiger partial charge on any atom is 0.0325 e. The fourth-order valence-corrected chi connectivity index (χ4v) is 3.21. The van der Waals surface area contributed by atoms with Crippen molar-refractivity contribution in [3.8, 4) is 0 Å². The Balaban J connectivity index is 2.27. The minimum Gasteiger partial charge on any atom is -0.399 e. The SMILES string of the molecule is Cc1cccc(Sc2ccc(N)cc2I)c1. The molecule has 2 aromatic carbocycles. The Labute approximate surface area is 114 Å². The van der Waals surface area contributed by atoms with Crippen LogP contribution in [-0.2, 0) is 0 Å². The van der Waals surface area contributed by atoms with Gasteiger partial charge in [-0.25, -0.2) is 0 Å². The molecule has 0 aliphatic rings. The third kappa shape index (κ3) is 2.92. The average molecular weight is 341 g/mol. The number of benzene rings is 2. The molecule has 0 aliphatic heterocycles. The number of nitrogen functional groups attached to an aromatic ring is 1. The number of rotatable bonds is 2. The lowest BCUT2D eigenvalue weighted by atomic mass is 10.2. The van der Waals surface area contributed by atoms with Crippen LogP contribution in [0.15, 0.2) is 52.3 Å². The zero-order chi connectivity index (χ0) is 11.5. The second kappa shape index (κ2) is 5.10. The fourth-order valence-electron chi connectivity index (χ4n) is 1.41. The monoisotopic (exact) mass is 341 g/mol. The molecule has 2 aromatic rings. The summed E-state index contributed by atoms with van der Waals surface area (Å²) in [6.07, 6.45) is 0. The van der Waals surface area contributed by atoms with Gasteiger partial charge in [-0.3, -0.25) is 0 Å². The van der Waals surface area contributed by atoms with Gasteiger partial charge >= 0.3 is 0 Å². The van der Waals surface area contributed by atoms with Crippen molar-refractivity contribution in [2.75, 3.05) is 5.73 Å². The second-order valence-electron chi connectivity index (χ2n) is 3.61. The number of hydrogen-bond donors (Lipinski definition) is 1. The lowest BCUT2D eigenvalue weighted by Gasteiger charge is -2.05. The van der Waals surface area contributed by atoms with E-state index in [4.69, 9.17) is 5.73 Å². The van der Waals surface area contributed by atoms with E-state index < -0.39 is 0 Å². The van der Waals surface area contributed by atoms with Gasteiger partial charge in [0.1, 0.15) is 0 Å². The molecule has 0 heterocycles. The Hall–Kier alpha value is -0.680. The van der Waals surface area contributed by atoms with Gasteiger partial charge in [0, 0.05) is 19.0 Å². The van der Waals surface area contributed by atoms with Crippen molar-refractivity contribution in [3.05, 3.63) is 51.6 Å². The summed E-state index contributed by atoms with van der Waals surface area (Å²) in [5, 5.41) is 0. The van der Waals surface area contributed by atoms with Crippen LogP contribution in [0, 0.1) is 10.5 Å². The van der Waals surface area contributed by atoms with Crippen LogP contribution in [0.25, 0.3) is 0 Å². The van der Waals surface area contributed by atoms with Crippen LogP contribution in [0.2, 0.25) is 0 Å². The van der Waals surface area contributed by atoms with Crippen molar-refractivity contribution in [3.63, 3.8) is 0 Å². The molecule has 16 heavy (non-hydrogen) atoms. The molecule has 0 fully saturated rings. The third-order valence-corrected chi connectivity index (χ3v) is 4.50. The fraction of sp³-hybridized carbons (Fsp3) is 0.0769. The van der Waals surface area contributed by atoms with E-state index in [1.807, 2.05) is 12.1 Å². The molecule has 3 heteroatoms. The van der Waals surface area contributed by atoms with E-state index in [1.54, 1.807) is 11.8 Å². The molecule has 0 radical (unpaired) electrons. The van der Waals surface area contributed by atoms with Crippen molar-refractivity contribution in [1.29, 1.82) is 0 Å². The van der Waals surface area contributed by atoms with Crippen molar-refractivity contribution in [1.82, 2.24) is 0 Å². The summed E-state index contributed by atoms with van der Waals surface area (Å²) in [4.78, 5) is 2.52. The van der Waals surface area contributed by atoms with Gasteiger partial charge in [-0.15, -0.1) is 0 Å². The molecule has 2 rings (SSSR count). The topological polar surface area (TPSA) is 26.0 Å². The van der Waals surface area contributed by atoms with Crippen LogP contribution in [0.4, 0.5) is 5.69 Å². The van der Waals surface area contributed by atoms with Crippen LogP contribution in [0.5, 0.6) is 0 Å². The molecule has 82 valence electrons. The van der Waals surface area contributed by atoms with Gasteiger partial charge in [0.15, 0.2) is 0 Å². The average Bonchev–Trinajstić information content (AvgIpc) is 2.22. The zero-order valence-electron chi connectivity index (χ0n) is 8.91. The van der Waals surface area contributed by atoms with Crippen molar-refractivity contribution in [2.24, 2.45) is 0 Å². The van der Waals surface area contributed by atoms with E-state index >= 15 is 0 Å². The molecular formula is C13H12INS. The van der Waals surface area contributed by atoms with E-state index in [0.29, 0.717) is 0 Å². The summed E-state index contributed by atoms with van der Waals surface area (Å²) in [7, 11) is 0. The summed E-state index contributed by atoms with van der Waals surface area (Å²) in [5.41, 5.74) is 7.84. The smallest absolute Gasteiger partial charge is 0.0325 e. The zero-order valence-corrected chi connectivity index (χ0v) is 11.9. The number of nitrogens with two attached hydrogens (primary N) is 1. The van der Waals surface area contributed by atoms with Gasteiger partial charge in [-0.2, -0.15) is 0 Å². The predicted molar refractivity (Wildman–Crippen MR) is 78.9 cm³/mol. The molecule has 0 spiro atoms. The van der Waals surface area contributed by atoms with E-state index in [-0.39, 0.29) is 0 Å². The summed E-state index contributed by atoms with van der Waals surface area (Å²) in [5.74, 6) is 0. The number of hydrogen-bond acceptors (Lipinski definition) is 2. The highest BCUT2D eigenvalue weighted by Gasteiger charge is 2.02. The summed E-state index contributed by atoms with van der Waals surface area (Å²) in [6, 6.07) is 14.5. The van der Waals surface area contributed by atoms with Crippen molar-refractivity contribution < 1.29 is 0 Å². The quantitative estimate of drug-likeness (QED) is 0.650. The largest absolute Gasteiger partial charge is 0.399 e. The van der Waals surface area contributed by atoms with Crippen LogP contribution in [-0.4, -0.2) is 0 Å². The highest BCUT2D eigenvalue weighted by Crippen LogP contribution is 2.32. The Morgan fingerprint density at radius 2 is 1.94 bits per heavy atom. The van der Waals surface area contributed by atoms with Gasteiger partial charge < -0.3 is 5.73 Å². The Bertz CT molecular complexity index is 511. The minimum absolute atomic E-state index is 0.818. The van der Waals surface area contributed by atoms with E-state index in [1.165, 1.54) is 18.9 Å². The molecular weight excluding hydrogens is 329 g/mol. The minimum atomic E-state index is 0.818. The molecule has 1 nitrogen and oxygen atoms in total. The lowest BCUT2D eigenvalue weighted by molar-refractivity contribution is 1.33. The highest BCUT2D eigenvalue weighted by molar-refractivity contribution is 14.1. The Morgan fingerprint density at radius 1 is 1.12 bits per heavy atom. The molecule has 0 aliphatic carbocycles. The van der Waals surface area contributed by atoms with Gasteiger partial charge in [0.05, 0.1) is 0 Å². The van der Waals surface area contributed by atoms with Gasteiger partial charge in [-0.05, 0) is 59.8 Å². The molecule has 0 saturated carbocycles. The van der Waals surface area contributed by atoms with Crippen molar-refractivity contribution >= 4 is 40.0 Å². The molecule has 0 saturated heterocycles. The maximum absolute atomic E-state index is 5.73. The van der Waals surface area contributed by atoms with Crippen LogP contribution in [0.3, 0.4) is 0 Å². The van der Waals surface area contributed by atoms with Crippen LogP contribution < -0.4 is 5.73 Å². The first kappa shape index (κ1) is 11.8. The third-order valence-electron chi connectivity index (χ3n) is 2.17. The van der Waals surface area contributed by atoms with Crippen LogP contribution >= 0.6 is 34.4 Å². The predicted octanol–water partition coefficient (Wildman–Crippen LogP) is 4.33.